The molecule has 0 heterocycles. The molecule has 0 aliphatic rings. The summed E-state index contributed by atoms with van der Waals surface area (Å²) in [6.07, 6.45) is 0. The number of halogens is 4. The molecule has 0 aliphatic carbocycles. The zero-order valence-corrected chi connectivity index (χ0v) is 12.7. The molecule has 2 aromatic carbocycles. The lowest BCUT2D eigenvalue weighted by atomic mass is 10.2. The Kier molecular flexibility index (Phi) is 4.74. The summed E-state index contributed by atoms with van der Waals surface area (Å²) in [6.45, 7) is 0.0878. The van der Waals surface area contributed by atoms with Crippen LogP contribution in [0.25, 0.3) is 0 Å². The minimum atomic E-state index is -1.03. The predicted molar refractivity (Wildman–Crippen MR) is 79.5 cm³/mol. The van der Waals surface area contributed by atoms with Crippen molar-refractivity contribution in [3.05, 3.63) is 67.1 Å². The Bertz CT molecular complexity index is 713. The Morgan fingerprint density at radius 3 is 2.67 bits per heavy atom. The van der Waals surface area contributed by atoms with E-state index < -0.39 is 22.2 Å². The van der Waals surface area contributed by atoms with Crippen LogP contribution < -0.4 is 5.32 Å². The number of nitro groups is 1. The molecular weight excluding hydrogens is 370 g/mol. The van der Waals surface area contributed by atoms with Gasteiger partial charge in [0.2, 0.25) is 0 Å². The second-order valence-electron chi connectivity index (χ2n) is 4.13. The average Bonchev–Trinajstić information content (AvgIpc) is 2.40. The van der Waals surface area contributed by atoms with Crippen LogP contribution in [-0.2, 0) is 6.54 Å². The summed E-state index contributed by atoms with van der Waals surface area (Å²) in [7, 11) is 0. The fourth-order valence-electron chi connectivity index (χ4n) is 1.74. The standard InChI is InChI=1S/C13H8BrClF2N2O2/c14-10-2-1-8(15)3-7(10)6-18-13-11(17)4-9(16)5-12(13)19(20)21/h1-5,18H,6H2. The molecule has 1 N–H and O–H groups in total. The molecule has 8 heteroatoms. The van der Waals surface area contributed by atoms with Crippen LogP contribution in [0.3, 0.4) is 0 Å². The first-order valence-electron chi connectivity index (χ1n) is 5.69. The molecule has 0 fully saturated rings. The molecule has 110 valence electrons. The van der Waals surface area contributed by atoms with E-state index in [0.29, 0.717) is 27.2 Å². The maximum Gasteiger partial charge on any atom is 0.298 e. The third-order valence-corrected chi connectivity index (χ3v) is 3.70. The normalized spacial score (nSPS) is 10.5. The molecule has 21 heavy (non-hydrogen) atoms. The Hall–Kier alpha value is -1.73. The molecule has 0 atom stereocenters. The number of hydrogen-bond donors (Lipinski definition) is 1. The largest absolute Gasteiger partial charge is 0.373 e. The van der Waals surface area contributed by atoms with Crippen molar-refractivity contribution < 1.29 is 13.7 Å². The molecular formula is C13H8BrClF2N2O2. The fraction of sp³-hybridized carbons (Fsp3) is 0.0769. The summed E-state index contributed by atoms with van der Waals surface area (Å²) in [5.41, 5.74) is -0.348. The van der Waals surface area contributed by atoms with Crippen molar-refractivity contribution in [2.24, 2.45) is 0 Å². The molecule has 4 nitrogen and oxygen atoms in total. The zero-order chi connectivity index (χ0) is 15.6. The van der Waals surface area contributed by atoms with Crippen LogP contribution in [0.2, 0.25) is 5.02 Å². The first kappa shape index (κ1) is 15.7. The second kappa shape index (κ2) is 6.36. The maximum atomic E-state index is 13.7. The lowest BCUT2D eigenvalue weighted by Gasteiger charge is -2.10. The summed E-state index contributed by atoms with van der Waals surface area (Å²) in [5, 5.41) is 13.9. The lowest BCUT2D eigenvalue weighted by Crippen LogP contribution is -2.06. The van der Waals surface area contributed by atoms with E-state index >= 15 is 0 Å². The van der Waals surface area contributed by atoms with Gasteiger partial charge < -0.3 is 5.32 Å². The van der Waals surface area contributed by atoms with Gasteiger partial charge in [-0.15, -0.1) is 0 Å². The SMILES string of the molecule is O=[N+]([O-])c1cc(F)cc(F)c1NCc1cc(Cl)ccc1Br. The van der Waals surface area contributed by atoms with Gasteiger partial charge in [-0.25, -0.2) is 8.78 Å². The molecule has 0 radical (unpaired) electrons. The van der Waals surface area contributed by atoms with Crippen molar-refractivity contribution >= 4 is 38.9 Å². The highest BCUT2D eigenvalue weighted by Crippen LogP contribution is 2.30. The van der Waals surface area contributed by atoms with Crippen molar-refractivity contribution in [3.8, 4) is 0 Å². The number of nitro benzene ring substituents is 1. The summed E-state index contributed by atoms with van der Waals surface area (Å²) in [4.78, 5) is 10.0. The van der Waals surface area contributed by atoms with Gasteiger partial charge in [0.1, 0.15) is 11.5 Å². The van der Waals surface area contributed by atoms with E-state index in [2.05, 4.69) is 21.2 Å². The highest BCUT2D eigenvalue weighted by Gasteiger charge is 2.20. The number of nitrogens with zero attached hydrogens (tertiary/aromatic N) is 1. The van der Waals surface area contributed by atoms with E-state index in [9.17, 15) is 18.9 Å². The van der Waals surface area contributed by atoms with Crippen LogP contribution >= 0.6 is 27.5 Å². The minimum Gasteiger partial charge on any atom is -0.373 e. The first-order valence-corrected chi connectivity index (χ1v) is 6.87. The number of benzene rings is 2. The Morgan fingerprint density at radius 2 is 2.00 bits per heavy atom. The van der Waals surface area contributed by atoms with Gasteiger partial charge in [0, 0.05) is 22.1 Å². The molecule has 2 aromatic rings. The third-order valence-electron chi connectivity index (χ3n) is 2.69. The monoisotopic (exact) mass is 376 g/mol. The summed E-state index contributed by atoms with van der Waals surface area (Å²) in [5.74, 6) is -2.03. The second-order valence-corrected chi connectivity index (χ2v) is 5.42. The molecule has 0 saturated heterocycles. The Balaban J connectivity index is 2.32. The van der Waals surface area contributed by atoms with Crippen LogP contribution in [0, 0.1) is 21.7 Å². The number of nitrogens with one attached hydrogen (secondary N) is 1. The molecule has 0 spiro atoms. The van der Waals surface area contributed by atoms with Crippen molar-refractivity contribution in [1.29, 1.82) is 0 Å². The van der Waals surface area contributed by atoms with Gasteiger partial charge in [-0.1, -0.05) is 27.5 Å². The van der Waals surface area contributed by atoms with Gasteiger partial charge in [-0.05, 0) is 23.8 Å². The van der Waals surface area contributed by atoms with Crippen LogP contribution in [-0.4, -0.2) is 4.92 Å². The first-order chi connectivity index (χ1) is 9.88. The van der Waals surface area contributed by atoms with Crippen molar-refractivity contribution in [1.82, 2.24) is 0 Å². The Labute approximate surface area is 132 Å². The molecule has 0 unspecified atom stereocenters. The van der Waals surface area contributed by atoms with Crippen molar-refractivity contribution in [2.45, 2.75) is 6.54 Å². The minimum absolute atomic E-state index is 0.0878. The topological polar surface area (TPSA) is 55.2 Å². The predicted octanol–water partition coefficient (Wildman–Crippen LogP) is 4.90. The van der Waals surface area contributed by atoms with E-state index in [4.69, 9.17) is 11.6 Å². The van der Waals surface area contributed by atoms with Gasteiger partial charge >= 0.3 is 0 Å². The highest BCUT2D eigenvalue weighted by atomic mass is 79.9. The molecule has 0 aromatic heterocycles. The summed E-state index contributed by atoms with van der Waals surface area (Å²) < 4.78 is 27.5. The smallest absolute Gasteiger partial charge is 0.298 e. The fourth-order valence-corrected chi connectivity index (χ4v) is 2.32. The van der Waals surface area contributed by atoms with E-state index in [0.717, 1.165) is 0 Å². The molecule has 0 aliphatic heterocycles. The summed E-state index contributed by atoms with van der Waals surface area (Å²) >= 11 is 9.15. The summed E-state index contributed by atoms with van der Waals surface area (Å²) in [6, 6.07) is 6.25. The zero-order valence-electron chi connectivity index (χ0n) is 10.4. The van der Waals surface area contributed by atoms with E-state index in [1.165, 1.54) is 0 Å². The lowest BCUT2D eigenvalue weighted by molar-refractivity contribution is -0.384. The molecule has 0 bridgehead atoms. The molecule has 0 amide bonds. The van der Waals surface area contributed by atoms with Gasteiger partial charge in [-0.2, -0.15) is 0 Å². The van der Waals surface area contributed by atoms with Gasteiger partial charge in [-0.3, -0.25) is 10.1 Å². The Morgan fingerprint density at radius 1 is 1.29 bits per heavy atom. The van der Waals surface area contributed by atoms with Crippen LogP contribution in [0.15, 0.2) is 34.8 Å². The van der Waals surface area contributed by atoms with Crippen LogP contribution in [0.5, 0.6) is 0 Å². The molecule has 0 saturated carbocycles. The maximum absolute atomic E-state index is 13.7. The van der Waals surface area contributed by atoms with E-state index in [1.54, 1.807) is 18.2 Å². The van der Waals surface area contributed by atoms with E-state index in [1.807, 2.05) is 0 Å². The quantitative estimate of drug-likeness (QED) is 0.609. The average molecular weight is 378 g/mol. The number of hydrogen-bond acceptors (Lipinski definition) is 3. The number of rotatable bonds is 4. The number of anilines is 1. The van der Waals surface area contributed by atoms with Crippen molar-refractivity contribution in [3.63, 3.8) is 0 Å². The third kappa shape index (κ3) is 3.68. The van der Waals surface area contributed by atoms with Gasteiger partial charge in [0.05, 0.1) is 11.0 Å². The van der Waals surface area contributed by atoms with Gasteiger partial charge in [0.15, 0.2) is 5.82 Å². The van der Waals surface area contributed by atoms with E-state index in [-0.39, 0.29) is 12.2 Å². The highest BCUT2D eigenvalue weighted by molar-refractivity contribution is 9.10. The van der Waals surface area contributed by atoms with Crippen molar-refractivity contribution in [2.75, 3.05) is 5.32 Å². The van der Waals surface area contributed by atoms with Crippen LogP contribution in [0.4, 0.5) is 20.2 Å². The van der Waals surface area contributed by atoms with Gasteiger partial charge in [0.25, 0.3) is 5.69 Å². The molecule has 2 rings (SSSR count). The van der Waals surface area contributed by atoms with Crippen LogP contribution in [0.1, 0.15) is 5.56 Å².